The summed E-state index contributed by atoms with van der Waals surface area (Å²) < 4.78 is 26.2. The van der Waals surface area contributed by atoms with Gasteiger partial charge in [-0.15, -0.1) is 0 Å². The average Bonchev–Trinajstić information content (AvgIpc) is 2.27. The maximum absolute atomic E-state index is 12.0. The van der Waals surface area contributed by atoms with E-state index in [1.54, 1.807) is 24.3 Å². The van der Waals surface area contributed by atoms with Crippen LogP contribution in [0, 0.1) is 0 Å². The maximum atomic E-state index is 12.0. The Hall–Kier alpha value is -1.51. The fraction of sp³-hybridized carbons (Fsp3) is 0.333. The monoisotopic (exact) mass is 315 g/mol. The summed E-state index contributed by atoms with van der Waals surface area (Å²) in [7, 11) is -3.69. The van der Waals surface area contributed by atoms with E-state index in [1.165, 1.54) is 13.8 Å². The zero-order valence-electron chi connectivity index (χ0n) is 11.2. The van der Waals surface area contributed by atoms with Gasteiger partial charge in [0.15, 0.2) is 0 Å². The van der Waals surface area contributed by atoms with Crippen LogP contribution in [-0.4, -0.2) is 24.9 Å². The molecule has 20 heavy (non-hydrogen) atoms. The number of thiocarbonyl (C=S) groups is 1. The number of rotatable bonds is 6. The van der Waals surface area contributed by atoms with Crippen LogP contribution in [0.25, 0.3) is 0 Å². The van der Waals surface area contributed by atoms with Crippen molar-refractivity contribution in [3.8, 4) is 0 Å². The van der Waals surface area contributed by atoms with Crippen LogP contribution in [0.4, 0.5) is 0 Å². The van der Waals surface area contributed by atoms with Crippen molar-refractivity contribution in [3.05, 3.63) is 35.4 Å². The van der Waals surface area contributed by atoms with Crippen LogP contribution >= 0.6 is 12.2 Å². The summed E-state index contributed by atoms with van der Waals surface area (Å²) in [5.74, 6) is -1.01. The number of carbonyl (C=O) groups excluding carboxylic acids is 1. The predicted molar refractivity (Wildman–Crippen MR) is 81.4 cm³/mol. The molecule has 110 valence electrons. The van der Waals surface area contributed by atoms with Gasteiger partial charge in [-0.05, 0) is 19.4 Å². The Morgan fingerprint density at radius 1 is 1.25 bits per heavy atom. The highest BCUT2D eigenvalue weighted by atomic mass is 32.2. The molecule has 1 aromatic carbocycles. The molecule has 0 fully saturated rings. The van der Waals surface area contributed by atoms with Crippen molar-refractivity contribution < 1.29 is 13.2 Å². The molecule has 0 saturated heterocycles. The van der Waals surface area contributed by atoms with Crippen molar-refractivity contribution >= 4 is 33.1 Å². The van der Waals surface area contributed by atoms with E-state index < -0.39 is 21.5 Å². The van der Waals surface area contributed by atoms with Crippen molar-refractivity contribution in [2.24, 2.45) is 11.5 Å². The largest absolute Gasteiger partial charge is 0.389 e. The second-order valence-electron chi connectivity index (χ2n) is 4.91. The molecule has 1 rings (SSSR count). The molecule has 0 aliphatic heterocycles. The first-order valence-corrected chi connectivity index (χ1v) is 7.80. The van der Waals surface area contributed by atoms with Gasteiger partial charge in [0.1, 0.15) is 10.5 Å². The molecule has 0 spiro atoms. The van der Waals surface area contributed by atoms with E-state index >= 15 is 0 Å². The molecule has 0 radical (unpaired) electrons. The van der Waals surface area contributed by atoms with Crippen LogP contribution in [0.15, 0.2) is 24.3 Å². The molecule has 5 N–H and O–H groups in total. The molecule has 0 heterocycles. The van der Waals surface area contributed by atoms with Crippen LogP contribution in [-0.2, 0) is 20.6 Å². The number of amides is 1. The Balaban J connectivity index is 2.86. The number of hydrogen-bond acceptors (Lipinski definition) is 4. The average molecular weight is 315 g/mol. The number of nitrogens with two attached hydrogens (primary N) is 2. The van der Waals surface area contributed by atoms with Gasteiger partial charge in [0.2, 0.25) is 15.9 Å². The van der Waals surface area contributed by atoms with E-state index in [4.69, 9.17) is 23.7 Å². The van der Waals surface area contributed by atoms with Gasteiger partial charge in [-0.2, -0.15) is 4.72 Å². The smallest absolute Gasteiger partial charge is 0.238 e. The molecular formula is C12H17N3O3S2. The lowest BCUT2D eigenvalue weighted by Gasteiger charge is -2.22. The summed E-state index contributed by atoms with van der Waals surface area (Å²) in [6.45, 7) is 2.81. The minimum absolute atomic E-state index is 0.243. The van der Waals surface area contributed by atoms with Crippen molar-refractivity contribution in [3.63, 3.8) is 0 Å². The number of benzene rings is 1. The maximum Gasteiger partial charge on any atom is 0.238 e. The molecule has 0 aliphatic rings. The van der Waals surface area contributed by atoms with Crippen LogP contribution in [0.2, 0.25) is 0 Å². The second kappa shape index (κ2) is 5.86. The predicted octanol–water partition coefficient (Wildman–Crippen LogP) is 0.00410. The molecule has 0 bridgehead atoms. The van der Waals surface area contributed by atoms with E-state index in [2.05, 4.69) is 4.72 Å². The van der Waals surface area contributed by atoms with Gasteiger partial charge in [-0.1, -0.05) is 36.5 Å². The number of primary amides is 1. The summed E-state index contributed by atoms with van der Waals surface area (Å²) in [4.78, 5) is 11.4. The highest BCUT2D eigenvalue weighted by Gasteiger charge is 2.30. The van der Waals surface area contributed by atoms with Gasteiger partial charge < -0.3 is 11.5 Å². The Morgan fingerprint density at radius 3 is 2.15 bits per heavy atom. The Bertz CT molecular complexity index is 622. The molecule has 0 atom stereocenters. The van der Waals surface area contributed by atoms with Crippen molar-refractivity contribution in [1.82, 2.24) is 4.72 Å². The molecule has 1 aromatic rings. The lowest BCUT2D eigenvalue weighted by atomic mass is 10.1. The van der Waals surface area contributed by atoms with Gasteiger partial charge >= 0.3 is 0 Å². The molecule has 0 saturated carbocycles. The van der Waals surface area contributed by atoms with Crippen molar-refractivity contribution in [1.29, 1.82) is 0 Å². The van der Waals surface area contributed by atoms with Gasteiger partial charge in [0, 0.05) is 5.56 Å². The quantitative estimate of drug-likeness (QED) is 0.639. The SMILES string of the molecule is CC(C)(NS(=O)(=O)Cc1ccc(C(N)=S)cc1)C(N)=O. The lowest BCUT2D eigenvalue weighted by molar-refractivity contribution is -0.122. The highest BCUT2D eigenvalue weighted by molar-refractivity contribution is 7.88. The third-order valence-corrected chi connectivity index (χ3v) is 4.39. The number of hydrogen-bond donors (Lipinski definition) is 3. The third kappa shape index (κ3) is 4.55. The van der Waals surface area contributed by atoms with Gasteiger partial charge in [-0.3, -0.25) is 4.79 Å². The standard InChI is InChI=1S/C12H17N3O3S2/c1-12(2,11(14)16)15-20(17,18)7-8-3-5-9(6-4-8)10(13)19/h3-6,15H,7H2,1-2H3,(H2,13,19)(H2,14,16). The Morgan fingerprint density at radius 2 is 1.75 bits per heavy atom. The first-order valence-electron chi connectivity index (χ1n) is 5.74. The van der Waals surface area contributed by atoms with Crippen LogP contribution in [0.1, 0.15) is 25.0 Å². The Labute approximate surface area is 123 Å². The molecule has 1 amide bonds. The second-order valence-corrected chi connectivity index (χ2v) is 7.07. The van der Waals surface area contributed by atoms with Gasteiger partial charge in [0.05, 0.1) is 5.75 Å². The normalized spacial score (nSPS) is 12.1. The summed E-state index contributed by atoms with van der Waals surface area (Å²) in [5, 5.41) is 0. The highest BCUT2D eigenvalue weighted by Crippen LogP contribution is 2.11. The minimum Gasteiger partial charge on any atom is -0.389 e. The van der Waals surface area contributed by atoms with E-state index in [9.17, 15) is 13.2 Å². The number of nitrogens with one attached hydrogen (secondary N) is 1. The number of sulfonamides is 1. The topological polar surface area (TPSA) is 115 Å². The van der Waals surface area contributed by atoms with Crippen molar-refractivity contribution in [2.45, 2.75) is 25.1 Å². The molecule has 0 aliphatic carbocycles. The third-order valence-electron chi connectivity index (χ3n) is 2.62. The summed E-state index contributed by atoms with van der Waals surface area (Å²) >= 11 is 4.81. The van der Waals surface area contributed by atoms with Crippen LogP contribution < -0.4 is 16.2 Å². The summed E-state index contributed by atoms with van der Waals surface area (Å²) in [5.41, 5.74) is 10.5. The first-order chi connectivity index (χ1) is 9.03. The van der Waals surface area contributed by atoms with E-state index in [1.807, 2.05) is 0 Å². The van der Waals surface area contributed by atoms with E-state index in [0.29, 0.717) is 11.1 Å². The molecular weight excluding hydrogens is 298 g/mol. The molecule has 0 aromatic heterocycles. The fourth-order valence-electron chi connectivity index (χ4n) is 1.46. The summed E-state index contributed by atoms with van der Waals surface area (Å²) in [6, 6.07) is 6.52. The van der Waals surface area contributed by atoms with E-state index in [0.717, 1.165) is 0 Å². The van der Waals surface area contributed by atoms with Crippen LogP contribution in [0.5, 0.6) is 0 Å². The number of carbonyl (C=O) groups is 1. The zero-order valence-corrected chi connectivity index (χ0v) is 12.8. The molecule has 6 nitrogen and oxygen atoms in total. The molecule has 0 unspecified atom stereocenters. The Kier molecular flexibility index (Phi) is 4.85. The summed E-state index contributed by atoms with van der Waals surface area (Å²) in [6.07, 6.45) is 0. The van der Waals surface area contributed by atoms with Crippen LogP contribution in [0.3, 0.4) is 0 Å². The first kappa shape index (κ1) is 16.5. The zero-order chi connectivity index (χ0) is 15.6. The fourth-order valence-corrected chi connectivity index (χ4v) is 3.18. The van der Waals surface area contributed by atoms with Gasteiger partial charge in [-0.25, -0.2) is 8.42 Å². The lowest BCUT2D eigenvalue weighted by Crippen LogP contribution is -2.53. The van der Waals surface area contributed by atoms with Gasteiger partial charge in [0.25, 0.3) is 0 Å². The van der Waals surface area contributed by atoms with Crippen molar-refractivity contribution in [2.75, 3.05) is 0 Å². The van der Waals surface area contributed by atoms with E-state index in [-0.39, 0.29) is 10.7 Å². The molecule has 8 heteroatoms. The minimum atomic E-state index is -3.69.